The minimum absolute atomic E-state index is 0.142. The smallest absolute Gasteiger partial charge is 0.229 e. The van der Waals surface area contributed by atoms with E-state index in [9.17, 15) is 0 Å². The molecule has 0 bridgehead atoms. The zero-order valence-corrected chi connectivity index (χ0v) is 12.9. The molecule has 0 fully saturated rings. The summed E-state index contributed by atoms with van der Waals surface area (Å²) < 4.78 is 0. The van der Waals surface area contributed by atoms with Gasteiger partial charge in [-0.3, -0.25) is 9.98 Å². The molecule has 0 unspecified atom stereocenters. The number of aliphatic imine (C=N–C) groups is 2. The highest BCUT2D eigenvalue weighted by Gasteiger charge is 2.15. The van der Waals surface area contributed by atoms with Gasteiger partial charge in [-0.25, -0.2) is 4.98 Å². The zero-order chi connectivity index (χ0) is 14.2. The average Bonchev–Trinajstić information content (AvgIpc) is 2.93. The van der Waals surface area contributed by atoms with Gasteiger partial charge in [0.05, 0.1) is 0 Å². The molecule has 108 valence electrons. The van der Waals surface area contributed by atoms with Crippen LogP contribution in [0.15, 0.2) is 31.8 Å². The summed E-state index contributed by atoms with van der Waals surface area (Å²) in [5, 5.41) is 11.2. The van der Waals surface area contributed by atoms with Crippen molar-refractivity contribution in [2.45, 2.75) is 45.6 Å². The number of azo groups is 1. The normalized spacial score (nSPS) is 22.2. The van der Waals surface area contributed by atoms with Crippen LogP contribution in [0, 0.1) is 0 Å². The van der Waals surface area contributed by atoms with Crippen molar-refractivity contribution in [1.82, 2.24) is 4.98 Å². The Balaban J connectivity index is 2.17. The molecule has 1 aliphatic rings. The van der Waals surface area contributed by atoms with E-state index in [0.717, 1.165) is 37.4 Å². The van der Waals surface area contributed by atoms with Gasteiger partial charge >= 0.3 is 0 Å². The molecule has 0 saturated carbocycles. The van der Waals surface area contributed by atoms with Crippen LogP contribution >= 0.6 is 11.3 Å². The predicted molar refractivity (Wildman–Crippen MR) is 84.8 cm³/mol. The van der Waals surface area contributed by atoms with E-state index in [4.69, 9.17) is 0 Å². The molecule has 0 atom stereocenters. The average molecular weight is 291 g/mol. The van der Waals surface area contributed by atoms with Gasteiger partial charge < -0.3 is 0 Å². The Hall–Kier alpha value is -1.43. The van der Waals surface area contributed by atoms with Crippen LogP contribution in [-0.2, 0) is 0 Å². The Labute approximate surface area is 124 Å². The van der Waals surface area contributed by atoms with E-state index in [1.54, 1.807) is 6.20 Å². The second-order valence-corrected chi connectivity index (χ2v) is 5.77. The fraction of sp³-hybridized carbons (Fsp3) is 0.643. The quantitative estimate of drug-likeness (QED) is 0.757. The molecule has 0 saturated heterocycles. The highest BCUT2D eigenvalue weighted by molar-refractivity contribution is 7.13. The van der Waals surface area contributed by atoms with Gasteiger partial charge in [-0.2, -0.15) is 5.11 Å². The van der Waals surface area contributed by atoms with Crippen molar-refractivity contribution in [1.29, 1.82) is 0 Å². The number of aromatic nitrogens is 1. The molecule has 0 amide bonds. The van der Waals surface area contributed by atoms with E-state index < -0.39 is 0 Å². The lowest BCUT2D eigenvalue weighted by molar-refractivity contribution is 0.655. The van der Waals surface area contributed by atoms with Gasteiger partial charge in [0, 0.05) is 36.1 Å². The molecule has 0 radical (unpaired) electrons. The summed E-state index contributed by atoms with van der Waals surface area (Å²) in [5.41, 5.74) is 1.99. The molecule has 20 heavy (non-hydrogen) atoms. The Morgan fingerprint density at radius 3 is 2.25 bits per heavy atom. The van der Waals surface area contributed by atoms with Crippen molar-refractivity contribution in [2.24, 2.45) is 20.2 Å². The van der Waals surface area contributed by atoms with Crippen LogP contribution < -0.4 is 0 Å². The summed E-state index contributed by atoms with van der Waals surface area (Å²) in [6.45, 7) is 5.79. The molecule has 6 heteroatoms. The number of nitrogens with zero attached hydrogens (tertiary/aromatic N) is 5. The summed E-state index contributed by atoms with van der Waals surface area (Å²) in [6, 6.07) is -0.142. The van der Waals surface area contributed by atoms with E-state index in [0.29, 0.717) is 5.13 Å². The van der Waals surface area contributed by atoms with E-state index >= 15 is 0 Å². The molecule has 2 rings (SSSR count). The van der Waals surface area contributed by atoms with Crippen molar-refractivity contribution < 1.29 is 0 Å². The van der Waals surface area contributed by atoms with Crippen LogP contribution in [0.1, 0.15) is 39.5 Å². The lowest BCUT2D eigenvalue weighted by Gasteiger charge is -2.10. The maximum atomic E-state index is 4.62. The number of thiazole rings is 1. The lowest BCUT2D eigenvalue weighted by atomic mass is 10.1. The highest BCUT2D eigenvalue weighted by Crippen LogP contribution is 2.16. The third-order valence-corrected chi connectivity index (χ3v) is 3.91. The highest BCUT2D eigenvalue weighted by atomic mass is 32.1. The molecule has 5 nitrogen and oxygen atoms in total. The number of rotatable bonds is 2. The summed E-state index contributed by atoms with van der Waals surface area (Å²) in [4.78, 5) is 13.4. The first-order valence-electron chi connectivity index (χ1n) is 7.09. The van der Waals surface area contributed by atoms with E-state index in [-0.39, 0.29) is 6.04 Å². The molecule has 2 heterocycles. The Bertz CT molecular complexity index is 466. The van der Waals surface area contributed by atoms with Crippen molar-refractivity contribution in [3.8, 4) is 0 Å². The van der Waals surface area contributed by atoms with Gasteiger partial charge in [0.25, 0.3) is 0 Å². The van der Waals surface area contributed by atoms with Crippen LogP contribution in [0.4, 0.5) is 5.13 Å². The minimum atomic E-state index is -0.142. The second-order valence-electron chi connectivity index (χ2n) is 4.89. The maximum absolute atomic E-state index is 4.62. The van der Waals surface area contributed by atoms with Gasteiger partial charge in [-0.05, 0) is 26.7 Å². The predicted octanol–water partition coefficient (Wildman–Crippen LogP) is 4.09. The third kappa shape index (κ3) is 4.59. The largest absolute Gasteiger partial charge is 0.292 e. The summed E-state index contributed by atoms with van der Waals surface area (Å²) in [5.74, 6) is 0. The topological polar surface area (TPSA) is 62.3 Å². The number of hydrogen-bond acceptors (Lipinski definition) is 6. The summed E-state index contributed by atoms with van der Waals surface area (Å²) >= 11 is 1.48. The minimum Gasteiger partial charge on any atom is -0.292 e. The molecule has 1 aromatic rings. The molecular formula is C14H21N5S. The first-order valence-corrected chi connectivity index (χ1v) is 7.97. The van der Waals surface area contributed by atoms with Crippen LogP contribution in [0.25, 0.3) is 0 Å². The Morgan fingerprint density at radius 1 is 1.05 bits per heavy atom. The van der Waals surface area contributed by atoms with Gasteiger partial charge in [-0.1, -0.05) is 12.8 Å². The van der Waals surface area contributed by atoms with Crippen molar-refractivity contribution in [3.63, 3.8) is 0 Å². The molecule has 0 aliphatic carbocycles. The van der Waals surface area contributed by atoms with E-state index in [1.807, 2.05) is 19.2 Å². The number of hydrogen-bond donors (Lipinski definition) is 0. The zero-order valence-electron chi connectivity index (χ0n) is 12.1. The second kappa shape index (κ2) is 7.99. The molecule has 0 aromatic carbocycles. The van der Waals surface area contributed by atoms with Gasteiger partial charge in [0.15, 0.2) is 0 Å². The van der Waals surface area contributed by atoms with Gasteiger partial charge in [-0.15, -0.1) is 16.5 Å². The molecule has 1 aliphatic heterocycles. The monoisotopic (exact) mass is 291 g/mol. The van der Waals surface area contributed by atoms with Crippen molar-refractivity contribution in [2.75, 3.05) is 13.1 Å². The molecule has 0 spiro atoms. The first kappa shape index (κ1) is 15.0. The van der Waals surface area contributed by atoms with Gasteiger partial charge in [0.2, 0.25) is 5.13 Å². The first-order chi connectivity index (χ1) is 9.77. The summed E-state index contributed by atoms with van der Waals surface area (Å²) in [7, 11) is 0. The van der Waals surface area contributed by atoms with Crippen molar-refractivity contribution >= 4 is 27.9 Å². The van der Waals surface area contributed by atoms with Gasteiger partial charge in [0.1, 0.15) is 6.04 Å². The third-order valence-electron chi connectivity index (χ3n) is 3.26. The SMILES string of the molecule is CC1=NCCCCCCN=C(C)C1N=Nc1nccs1. The Morgan fingerprint density at radius 2 is 1.70 bits per heavy atom. The fourth-order valence-corrected chi connectivity index (χ4v) is 2.56. The van der Waals surface area contributed by atoms with Crippen LogP contribution in [0.5, 0.6) is 0 Å². The van der Waals surface area contributed by atoms with Crippen molar-refractivity contribution in [3.05, 3.63) is 11.6 Å². The van der Waals surface area contributed by atoms with E-state index in [2.05, 4.69) is 25.2 Å². The Kier molecular flexibility index (Phi) is 5.98. The standard InChI is InChI=1S/C14H21N5S/c1-11-13(18-19-14-17-9-10-20-14)12(2)16-8-6-4-3-5-7-15-11/h9-10,13H,3-8H2,1-2H3. The van der Waals surface area contributed by atoms with Crippen LogP contribution in [0.2, 0.25) is 0 Å². The lowest BCUT2D eigenvalue weighted by Crippen LogP contribution is -2.24. The van der Waals surface area contributed by atoms with Crippen LogP contribution in [-0.4, -0.2) is 35.5 Å². The fourth-order valence-electron chi connectivity index (χ4n) is 2.10. The van der Waals surface area contributed by atoms with Crippen LogP contribution in [0.3, 0.4) is 0 Å². The molecule has 0 N–H and O–H groups in total. The maximum Gasteiger partial charge on any atom is 0.229 e. The summed E-state index contributed by atoms with van der Waals surface area (Å²) in [6.07, 6.45) is 6.49. The van der Waals surface area contributed by atoms with E-state index in [1.165, 1.54) is 24.2 Å². The molecule has 1 aromatic heterocycles. The molecular weight excluding hydrogens is 270 g/mol.